The average Bonchev–Trinajstić information content (AvgIpc) is 3.17. The van der Waals surface area contributed by atoms with Crippen LogP contribution in [0.5, 0.6) is 0 Å². The third kappa shape index (κ3) is 5.67. The lowest BCUT2D eigenvalue weighted by Gasteiger charge is -2.21. The molecule has 3 N–H and O–H groups in total. The Bertz CT molecular complexity index is 1240. The fourth-order valence-electron chi connectivity index (χ4n) is 3.30. The minimum atomic E-state index is -0.754. The van der Waals surface area contributed by atoms with Gasteiger partial charge in [0, 0.05) is 16.6 Å². The van der Waals surface area contributed by atoms with Crippen LogP contribution in [0.15, 0.2) is 47.6 Å². The van der Waals surface area contributed by atoms with Crippen molar-refractivity contribution in [2.75, 3.05) is 12.8 Å². The summed E-state index contributed by atoms with van der Waals surface area (Å²) in [5.74, 6) is -0.547. The standard InChI is InChI=1S/C23H24N4O5.C2H6/c1-23(2,3)32-22(29)27-18-8-5-13(12-26-30)9-15(18)11-19(27)20(25)16-7-6-14(10-17(16)24)21(28)31-4;1-2/h5-11,25H,12,24H2,1-4H3;1-2H3. The number of fused-ring (bicyclic) bond motifs is 1. The predicted molar refractivity (Wildman–Crippen MR) is 133 cm³/mol. The summed E-state index contributed by atoms with van der Waals surface area (Å²) in [6, 6.07) is 11.2. The molecule has 34 heavy (non-hydrogen) atoms. The molecule has 2 aromatic carbocycles. The molecule has 3 aromatic rings. The first-order chi connectivity index (χ1) is 16.1. The topological polar surface area (TPSA) is 137 Å². The van der Waals surface area contributed by atoms with E-state index in [1.807, 2.05) is 13.8 Å². The normalized spacial score (nSPS) is 10.8. The van der Waals surface area contributed by atoms with Crippen molar-refractivity contribution >= 4 is 34.4 Å². The van der Waals surface area contributed by atoms with Crippen molar-refractivity contribution < 1.29 is 19.1 Å². The Hall–Kier alpha value is -4.01. The Labute approximate surface area is 198 Å². The van der Waals surface area contributed by atoms with Gasteiger partial charge in [-0.2, -0.15) is 4.91 Å². The number of hydrogen-bond donors (Lipinski definition) is 2. The van der Waals surface area contributed by atoms with Gasteiger partial charge in [0.25, 0.3) is 0 Å². The lowest BCUT2D eigenvalue weighted by Crippen LogP contribution is -2.29. The Morgan fingerprint density at radius 1 is 1.09 bits per heavy atom. The number of anilines is 1. The number of nitrogen functional groups attached to an aromatic ring is 1. The van der Waals surface area contributed by atoms with Gasteiger partial charge in [0.05, 0.1) is 29.6 Å². The third-order valence-electron chi connectivity index (χ3n) is 4.69. The maximum atomic E-state index is 13.1. The molecule has 9 nitrogen and oxygen atoms in total. The predicted octanol–water partition coefficient (Wildman–Crippen LogP) is 5.50. The van der Waals surface area contributed by atoms with Crippen LogP contribution in [0.2, 0.25) is 0 Å². The Balaban J connectivity index is 0.00000199. The second-order valence-corrected chi connectivity index (χ2v) is 8.19. The van der Waals surface area contributed by atoms with Crippen molar-refractivity contribution in [3.05, 3.63) is 69.8 Å². The molecule has 1 heterocycles. The quantitative estimate of drug-likeness (QED) is 0.220. The lowest BCUT2D eigenvalue weighted by molar-refractivity contribution is 0.0542. The number of carbonyl (C=O) groups excluding carboxylic acids is 2. The Kier molecular flexibility index (Phi) is 8.29. The number of carbonyl (C=O) groups is 2. The molecule has 0 unspecified atom stereocenters. The largest absolute Gasteiger partial charge is 0.465 e. The molecule has 180 valence electrons. The molecule has 1 aromatic heterocycles. The zero-order chi connectivity index (χ0) is 25.6. The molecule has 0 aliphatic carbocycles. The number of hydrogen-bond acceptors (Lipinski definition) is 8. The van der Waals surface area contributed by atoms with Crippen molar-refractivity contribution in [3.8, 4) is 0 Å². The van der Waals surface area contributed by atoms with Gasteiger partial charge in [-0.3, -0.25) is 5.41 Å². The molecule has 0 aliphatic rings. The number of nitrogens with two attached hydrogens (primary N) is 1. The van der Waals surface area contributed by atoms with E-state index in [0.717, 1.165) is 0 Å². The fraction of sp³-hybridized carbons (Fsp3) is 0.320. The van der Waals surface area contributed by atoms with E-state index >= 15 is 0 Å². The monoisotopic (exact) mass is 466 g/mol. The summed E-state index contributed by atoms with van der Waals surface area (Å²) in [4.78, 5) is 35.5. The van der Waals surface area contributed by atoms with Gasteiger partial charge in [-0.15, -0.1) is 0 Å². The molecule has 3 rings (SSSR count). The number of rotatable bonds is 5. The minimum Gasteiger partial charge on any atom is -0.465 e. The summed E-state index contributed by atoms with van der Waals surface area (Å²) >= 11 is 0. The average molecular weight is 467 g/mol. The number of nitroso groups, excluding NO2 is 1. The van der Waals surface area contributed by atoms with Gasteiger partial charge >= 0.3 is 12.1 Å². The van der Waals surface area contributed by atoms with Gasteiger partial charge in [-0.1, -0.05) is 25.1 Å². The number of nitrogens with zero attached hydrogens (tertiary/aromatic N) is 2. The molecule has 0 atom stereocenters. The second kappa shape index (κ2) is 10.7. The summed E-state index contributed by atoms with van der Waals surface area (Å²) < 4.78 is 11.6. The molecule has 0 spiro atoms. The highest BCUT2D eigenvalue weighted by Crippen LogP contribution is 2.27. The van der Waals surface area contributed by atoms with E-state index in [1.54, 1.807) is 45.0 Å². The van der Waals surface area contributed by atoms with E-state index < -0.39 is 17.7 Å². The summed E-state index contributed by atoms with van der Waals surface area (Å²) in [7, 11) is 1.27. The van der Waals surface area contributed by atoms with Crippen molar-refractivity contribution in [2.45, 2.75) is 46.8 Å². The van der Waals surface area contributed by atoms with Gasteiger partial charge in [-0.25, -0.2) is 14.2 Å². The molecular weight excluding hydrogens is 436 g/mol. The number of benzene rings is 2. The molecule has 0 saturated carbocycles. The maximum Gasteiger partial charge on any atom is 0.419 e. The van der Waals surface area contributed by atoms with Crippen LogP contribution in [0, 0.1) is 10.3 Å². The summed E-state index contributed by atoms with van der Waals surface area (Å²) in [6.45, 7) is 9.24. The van der Waals surface area contributed by atoms with Gasteiger partial charge in [-0.05, 0) is 62.7 Å². The summed E-state index contributed by atoms with van der Waals surface area (Å²) in [6.07, 6.45) is -0.654. The summed E-state index contributed by atoms with van der Waals surface area (Å²) in [5, 5.41) is 12.3. The number of ether oxygens (including phenoxy) is 2. The highest BCUT2D eigenvalue weighted by Gasteiger charge is 2.25. The molecule has 9 heteroatoms. The number of aromatic nitrogens is 1. The maximum absolute atomic E-state index is 13.1. The fourth-order valence-corrected chi connectivity index (χ4v) is 3.30. The van der Waals surface area contributed by atoms with Crippen LogP contribution in [0.1, 0.15) is 61.8 Å². The van der Waals surface area contributed by atoms with Crippen molar-refractivity contribution in [3.63, 3.8) is 0 Å². The SMILES string of the molecule is CC.COC(=O)c1ccc(C(=N)c2cc3cc(CN=O)ccc3n2C(=O)OC(C)(C)C)c(N)c1. The van der Waals surface area contributed by atoms with Crippen LogP contribution in [-0.2, 0) is 16.0 Å². The first kappa shape index (κ1) is 26.2. The highest BCUT2D eigenvalue weighted by molar-refractivity contribution is 6.17. The van der Waals surface area contributed by atoms with Gasteiger partial charge < -0.3 is 15.2 Å². The van der Waals surface area contributed by atoms with Crippen LogP contribution in [0.3, 0.4) is 0 Å². The lowest BCUT2D eigenvalue weighted by atomic mass is 10.0. The van der Waals surface area contributed by atoms with E-state index in [0.29, 0.717) is 22.0 Å². The smallest absolute Gasteiger partial charge is 0.419 e. The van der Waals surface area contributed by atoms with E-state index in [-0.39, 0.29) is 29.2 Å². The molecule has 0 radical (unpaired) electrons. The number of methoxy groups -OCH3 is 1. The first-order valence-electron chi connectivity index (χ1n) is 10.8. The van der Waals surface area contributed by atoms with Crippen LogP contribution >= 0.6 is 0 Å². The van der Waals surface area contributed by atoms with Gasteiger partial charge in [0.1, 0.15) is 12.1 Å². The number of nitrogens with one attached hydrogen (secondary N) is 1. The summed E-state index contributed by atoms with van der Waals surface area (Å²) in [5.41, 5.74) is 7.54. The minimum absolute atomic E-state index is 0.0116. The molecule has 0 amide bonds. The van der Waals surface area contributed by atoms with Crippen LogP contribution in [0.25, 0.3) is 10.9 Å². The van der Waals surface area contributed by atoms with Crippen molar-refractivity contribution in [1.29, 1.82) is 5.41 Å². The van der Waals surface area contributed by atoms with Crippen molar-refractivity contribution in [2.24, 2.45) is 5.18 Å². The third-order valence-corrected chi connectivity index (χ3v) is 4.69. The van der Waals surface area contributed by atoms with Crippen LogP contribution in [0.4, 0.5) is 10.5 Å². The van der Waals surface area contributed by atoms with Crippen molar-refractivity contribution in [1.82, 2.24) is 4.57 Å². The van der Waals surface area contributed by atoms with Crippen LogP contribution < -0.4 is 5.73 Å². The van der Waals surface area contributed by atoms with Gasteiger partial charge in [0.15, 0.2) is 0 Å². The van der Waals surface area contributed by atoms with E-state index in [1.165, 1.54) is 29.9 Å². The van der Waals surface area contributed by atoms with E-state index in [4.69, 9.17) is 20.6 Å². The zero-order valence-electron chi connectivity index (χ0n) is 20.3. The van der Waals surface area contributed by atoms with Crippen LogP contribution in [-0.4, -0.2) is 35.1 Å². The molecule has 0 saturated heterocycles. The Morgan fingerprint density at radius 2 is 1.76 bits per heavy atom. The zero-order valence-corrected chi connectivity index (χ0v) is 20.3. The second-order valence-electron chi connectivity index (χ2n) is 8.19. The first-order valence-corrected chi connectivity index (χ1v) is 10.8. The highest BCUT2D eigenvalue weighted by atomic mass is 16.6. The molecular formula is C25H30N4O5. The number of esters is 1. The molecule has 0 bridgehead atoms. The van der Waals surface area contributed by atoms with E-state index in [9.17, 15) is 14.5 Å². The molecule has 0 aliphatic heterocycles. The van der Waals surface area contributed by atoms with E-state index in [2.05, 4.69) is 5.18 Å². The Morgan fingerprint density at radius 3 is 2.32 bits per heavy atom. The van der Waals surface area contributed by atoms with Gasteiger partial charge in [0.2, 0.25) is 0 Å². The molecule has 0 fully saturated rings.